The minimum absolute atomic E-state index is 0.0752. The number of carbonyl (C=O) groups excluding carboxylic acids is 1. The van der Waals surface area contributed by atoms with Crippen molar-refractivity contribution < 1.29 is 14.8 Å². The number of quaternary nitrogens is 1. The summed E-state index contributed by atoms with van der Waals surface area (Å²) in [5.41, 5.74) is 3.22. The molecule has 1 aliphatic heterocycles. The van der Waals surface area contributed by atoms with Gasteiger partial charge in [-0.15, -0.1) is 0 Å². The molecular formula is C21H28N3O2+. The second-order valence-electron chi connectivity index (χ2n) is 7.22. The Hall–Kier alpha value is -2.53. The van der Waals surface area contributed by atoms with E-state index >= 15 is 0 Å². The molecule has 26 heavy (non-hydrogen) atoms. The smallest absolute Gasteiger partial charge is 0.279 e. The zero-order valence-corrected chi connectivity index (χ0v) is 15.5. The van der Waals surface area contributed by atoms with E-state index in [9.17, 15) is 9.90 Å². The molecule has 0 saturated carbocycles. The molecule has 1 saturated heterocycles. The van der Waals surface area contributed by atoms with Gasteiger partial charge in [-0.1, -0.05) is 32.0 Å². The zero-order chi connectivity index (χ0) is 18.5. The second kappa shape index (κ2) is 8.23. The summed E-state index contributed by atoms with van der Waals surface area (Å²) in [7, 11) is 0. The molecular weight excluding hydrogens is 326 g/mol. The average Bonchev–Trinajstić information content (AvgIpc) is 2.63. The molecule has 1 amide bonds. The molecule has 2 aromatic rings. The van der Waals surface area contributed by atoms with Crippen molar-refractivity contribution in [1.29, 1.82) is 0 Å². The highest BCUT2D eigenvalue weighted by molar-refractivity contribution is 5.92. The maximum Gasteiger partial charge on any atom is 0.279 e. The summed E-state index contributed by atoms with van der Waals surface area (Å²) in [6.45, 7) is 8.46. The Labute approximate surface area is 155 Å². The van der Waals surface area contributed by atoms with Gasteiger partial charge in [-0.2, -0.15) is 0 Å². The Morgan fingerprint density at radius 3 is 2.42 bits per heavy atom. The zero-order valence-electron chi connectivity index (χ0n) is 15.5. The van der Waals surface area contributed by atoms with Crippen LogP contribution in [0.15, 0.2) is 48.5 Å². The van der Waals surface area contributed by atoms with E-state index in [-0.39, 0.29) is 11.7 Å². The number of para-hydroxylation sites is 1. The lowest BCUT2D eigenvalue weighted by molar-refractivity contribution is -0.892. The minimum atomic E-state index is 0.0752. The summed E-state index contributed by atoms with van der Waals surface area (Å²) < 4.78 is 0. The number of piperazine rings is 1. The topological polar surface area (TPSA) is 57.0 Å². The quantitative estimate of drug-likeness (QED) is 0.768. The van der Waals surface area contributed by atoms with Crippen LogP contribution >= 0.6 is 0 Å². The Morgan fingerprint density at radius 2 is 1.77 bits per heavy atom. The Kier molecular flexibility index (Phi) is 5.78. The second-order valence-corrected chi connectivity index (χ2v) is 7.22. The number of nitrogens with one attached hydrogen (secondary N) is 2. The fourth-order valence-electron chi connectivity index (χ4n) is 3.46. The van der Waals surface area contributed by atoms with Crippen LogP contribution in [0.3, 0.4) is 0 Å². The molecule has 3 rings (SSSR count). The Balaban J connectivity index is 1.51. The molecule has 5 nitrogen and oxygen atoms in total. The van der Waals surface area contributed by atoms with Gasteiger partial charge in [0, 0.05) is 11.4 Å². The van der Waals surface area contributed by atoms with Crippen molar-refractivity contribution in [3.05, 3.63) is 54.1 Å². The SMILES string of the molecule is CC(C)c1ccccc1NC(=O)C[NH+]1CCN(c2ccc(O)cc2)CC1. The Morgan fingerprint density at radius 1 is 1.12 bits per heavy atom. The molecule has 0 spiro atoms. The van der Waals surface area contributed by atoms with Gasteiger partial charge in [0.25, 0.3) is 5.91 Å². The molecule has 0 aliphatic carbocycles. The maximum absolute atomic E-state index is 12.5. The van der Waals surface area contributed by atoms with Gasteiger partial charge in [0.2, 0.25) is 0 Å². The monoisotopic (exact) mass is 354 g/mol. The predicted octanol–water partition coefficient (Wildman–Crippen LogP) is 1.86. The van der Waals surface area contributed by atoms with E-state index in [1.807, 2.05) is 30.3 Å². The van der Waals surface area contributed by atoms with E-state index in [0.717, 1.165) is 37.6 Å². The van der Waals surface area contributed by atoms with Crippen molar-refractivity contribution in [2.24, 2.45) is 0 Å². The minimum Gasteiger partial charge on any atom is -0.508 e. The number of hydrogen-bond donors (Lipinski definition) is 3. The standard InChI is InChI=1S/C21H27N3O2/c1-16(2)19-5-3-4-6-20(19)22-21(26)15-23-11-13-24(14-12-23)17-7-9-18(25)10-8-17/h3-10,16,25H,11-15H2,1-2H3,(H,22,26)/p+1. The first-order chi connectivity index (χ1) is 12.5. The lowest BCUT2D eigenvalue weighted by atomic mass is 10.0. The third-order valence-electron chi connectivity index (χ3n) is 4.95. The molecule has 0 radical (unpaired) electrons. The van der Waals surface area contributed by atoms with E-state index in [0.29, 0.717) is 12.5 Å². The van der Waals surface area contributed by atoms with E-state index in [1.54, 1.807) is 12.1 Å². The number of benzene rings is 2. The van der Waals surface area contributed by atoms with Crippen LogP contribution in [0.1, 0.15) is 25.3 Å². The predicted molar refractivity (Wildman–Crippen MR) is 105 cm³/mol. The van der Waals surface area contributed by atoms with Crippen LogP contribution in [0.2, 0.25) is 0 Å². The Bertz CT molecular complexity index is 735. The first-order valence-electron chi connectivity index (χ1n) is 9.29. The first kappa shape index (κ1) is 18.3. The molecule has 1 aliphatic rings. The highest BCUT2D eigenvalue weighted by Gasteiger charge is 2.22. The number of aromatic hydroxyl groups is 1. The van der Waals surface area contributed by atoms with E-state index in [1.165, 1.54) is 10.5 Å². The van der Waals surface area contributed by atoms with Gasteiger partial charge in [-0.25, -0.2) is 0 Å². The largest absolute Gasteiger partial charge is 0.508 e. The molecule has 1 heterocycles. The van der Waals surface area contributed by atoms with Crippen LogP contribution < -0.4 is 15.1 Å². The fourth-order valence-corrected chi connectivity index (χ4v) is 3.46. The summed E-state index contributed by atoms with van der Waals surface area (Å²) in [5.74, 6) is 0.746. The summed E-state index contributed by atoms with van der Waals surface area (Å²) in [6, 6.07) is 15.3. The van der Waals surface area contributed by atoms with Gasteiger partial charge >= 0.3 is 0 Å². The van der Waals surface area contributed by atoms with Gasteiger partial charge in [0.15, 0.2) is 6.54 Å². The summed E-state index contributed by atoms with van der Waals surface area (Å²) in [6.07, 6.45) is 0. The summed E-state index contributed by atoms with van der Waals surface area (Å²) >= 11 is 0. The van der Waals surface area contributed by atoms with Gasteiger partial charge in [0.05, 0.1) is 26.2 Å². The number of phenols is 1. The van der Waals surface area contributed by atoms with Crippen LogP contribution in [0, 0.1) is 0 Å². The third kappa shape index (κ3) is 4.55. The molecule has 5 heteroatoms. The van der Waals surface area contributed by atoms with Crippen LogP contribution in [-0.2, 0) is 4.79 Å². The van der Waals surface area contributed by atoms with Gasteiger partial charge in [-0.3, -0.25) is 4.79 Å². The van der Waals surface area contributed by atoms with E-state index in [4.69, 9.17) is 0 Å². The van der Waals surface area contributed by atoms with Crippen LogP contribution in [0.5, 0.6) is 5.75 Å². The lowest BCUT2D eigenvalue weighted by Crippen LogP contribution is -3.15. The number of nitrogens with zero attached hydrogens (tertiary/aromatic N) is 1. The number of phenolic OH excluding ortho intramolecular Hbond substituents is 1. The van der Waals surface area contributed by atoms with Crippen molar-refractivity contribution in [3.63, 3.8) is 0 Å². The van der Waals surface area contributed by atoms with E-state index in [2.05, 4.69) is 30.1 Å². The molecule has 0 atom stereocenters. The van der Waals surface area contributed by atoms with Crippen molar-refractivity contribution in [2.45, 2.75) is 19.8 Å². The molecule has 138 valence electrons. The van der Waals surface area contributed by atoms with Crippen molar-refractivity contribution in [2.75, 3.05) is 42.9 Å². The van der Waals surface area contributed by atoms with Crippen LogP contribution in [0.25, 0.3) is 0 Å². The van der Waals surface area contributed by atoms with Gasteiger partial charge in [0.1, 0.15) is 5.75 Å². The summed E-state index contributed by atoms with van der Waals surface area (Å²) in [5, 5.41) is 12.5. The molecule has 2 aromatic carbocycles. The summed E-state index contributed by atoms with van der Waals surface area (Å²) in [4.78, 5) is 16.1. The maximum atomic E-state index is 12.5. The van der Waals surface area contributed by atoms with Crippen LogP contribution in [-0.4, -0.2) is 43.7 Å². The third-order valence-corrected chi connectivity index (χ3v) is 4.95. The first-order valence-corrected chi connectivity index (χ1v) is 9.29. The van der Waals surface area contributed by atoms with Gasteiger partial charge in [-0.05, 0) is 41.8 Å². The van der Waals surface area contributed by atoms with Gasteiger partial charge < -0.3 is 20.2 Å². The highest BCUT2D eigenvalue weighted by Crippen LogP contribution is 2.23. The number of hydrogen-bond acceptors (Lipinski definition) is 3. The highest BCUT2D eigenvalue weighted by atomic mass is 16.3. The number of amides is 1. The van der Waals surface area contributed by atoms with Crippen molar-refractivity contribution >= 4 is 17.3 Å². The molecule has 0 bridgehead atoms. The molecule has 0 aromatic heterocycles. The number of carbonyl (C=O) groups is 1. The van der Waals surface area contributed by atoms with Crippen LogP contribution in [0.4, 0.5) is 11.4 Å². The lowest BCUT2D eigenvalue weighted by Gasteiger charge is -2.33. The molecule has 1 fully saturated rings. The fraction of sp³-hybridized carbons (Fsp3) is 0.381. The number of rotatable bonds is 5. The van der Waals surface area contributed by atoms with E-state index < -0.39 is 0 Å². The number of anilines is 2. The molecule has 3 N–H and O–H groups in total. The average molecular weight is 354 g/mol. The van der Waals surface area contributed by atoms with Crippen molar-refractivity contribution in [3.8, 4) is 5.75 Å². The molecule has 0 unspecified atom stereocenters. The van der Waals surface area contributed by atoms with Crippen molar-refractivity contribution in [1.82, 2.24) is 0 Å². The normalized spacial score (nSPS) is 15.3.